The SMILES string of the molecule is Cc1nn(-c2ccc(F)cc2)c2sc(C(=O)OCC(=O)Nc3ccc(S(=O)(=O)N4CCCCC4)cc3)cc12. The Hall–Kier alpha value is -3.61. The van der Waals surface area contributed by atoms with Crippen molar-refractivity contribution in [1.82, 2.24) is 14.1 Å². The number of nitrogens with one attached hydrogen (secondary N) is 1. The van der Waals surface area contributed by atoms with Crippen molar-refractivity contribution in [3.05, 3.63) is 71.0 Å². The molecule has 1 aliphatic rings. The van der Waals surface area contributed by atoms with Crippen molar-refractivity contribution in [2.45, 2.75) is 31.1 Å². The molecule has 0 unspecified atom stereocenters. The number of piperidine rings is 1. The van der Waals surface area contributed by atoms with Crippen LogP contribution in [-0.4, -0.2) is 54.1 Å². The Labute approximate surface area is 222 Å². The number of halogens is 1. The number of nitrogens with zero attached hydrogens (tertiary/aromatic N) is 3. The van der Waals surface area contributed by atoms with Crippen LogP contribution in [0.15, 0.2) is 59.5 Å². The van der Waals surface area contributed by atoms with E-state index >= 15 is 0 Å². The molecule has 5 rings (SSSR count). The van der Waals surface area contributed by atoms with Gasteiger partial charge in [0.05, 0.1) is 16.3 Å². The van der Waals surface area contributed by atoms with Gasteiger partial charge in [0, 0.05) is 24.2 Å². The van der Waals surface area contributed by atoms with Crippen molar-refractivity contribution in [2.24, 2.45) is 0 Å². The lowest BCUT2D eigenvalue weighted by Gasteiger charge is -2.25. The van der Waals surface area contributed by atoms with E-state index in [1.54, 1.807) is 29.8 Å². The number of fused-ring (bicyclic) bond motifs is 1. The highest BCUT2D eigenvalue weighted by molar-refractivity contribution is 7.89. The van der Waals surface area contributed by atoms with Gasteiger partial charge in [-0.05, 0) is 74.4 Å². The van der Waals surface area contributed by atoms with Crippen LogP contribution in [0.25, 0.3) is 15.9 Å². The van der Waals surface area contributed by atoms with Gasteiger partial charge in [0.25, 0.3) is 5.91 Å². The molecule has 1 amide bonds. The number of benzene rings is 2. The monoisotopic (exact) mass is 556 g/mol. The molecule has 1 fully saturated rings. The number of hydrogen-bond acceptors (Lipinski definition) is 7. The van der Waals surface area contributed by atoms with Gasteiger partial charge in [-0.15, -0.1) is 11.3 Å². The van der Waals surface area contributed by atoms with Crippen LogP contribution in [0.2, 0.25) is 0 Å². The van der Waals surface area contributed by atoms with Crippen molar-refractivity contribution in [3.8, 4) is 5.69 Å². The predicted molar refractivity (Wildman–Crippen MR) is 142 cm³/mol. The third kappa shape index (κ3) is 5.33. The Balaban J connectivity index is 1.20. The Morgan fingerprint density at radius 3 is 2.42 bits per heavy atom. The largest absolute Gasteiger partial charge is 0.451 e. The molecule has 0 spiro atoms. The smallest absolute Gasteiger partial charge is 0.348 e. The lowest BCUT2D eigenvalue weighted by atomic mass is 10.2. The maximum absolute atomic E-state index is 13.3. The van der Waals surface area contributed by atoms with Crippen molar-refractivity contribution in [3.63, 3.8) is 0 Å². The first-order valence-electron chi connectivity index (χ1n) is 12.0. The maximum atomic E-state index is 13.3. The van der Waals surface area contributed by atoms with E-state index in [1.165, 1.54) is 40.7 Å². The standard InChI is InChI=1S/C26H25FN4O5S2/c1-17-22-15-23(37-25(22)31(29-17)20-9-5-18(27)6-10-20)26(33)36-16-24(32)28-19-7-11-21(12-8-19)38(34,35)30-13-3-2-4-14-30/h5-12,15H,2-4,13-14,16H2,1H3,(H,28,32). The Morgan fingerprint density at radius 1 is 1.05 bits per heavy atom. The first-order chi connectivity index (χ1) is 18.2. The summed E-state index contributed by atoms with van der Waals surface area (Å²) in [4.78, 5) is 26.2. The van der Waals surface area contributed by atoms with E-state index in [0.29, 0.717) is 39.9 Å². The zero-order valence-electron chi connectivity index (χ0n) is 20.5. The van der Waals surface area contributed by atoms with Crippen LogP contribution in [0.4, 0.5) is 10.1 Å². The van der Waals surface area contributed by atoms with Gasteiger partial charge in [-0.2, -0.15) is 9.40 Å². The highest BCUT2D eigenvalue weighted by Crippen LogP contribution is 2.31. The minimum absolute atomic E-state index is 0.170. The van der Waals surface area contributed by atoms with Gasteiger partial charge >= 0.3 is 5.97 Å². The number of aromatic nitrogens is 2. The van der Waals surface area contributed by atoms with Crippen molar-refractivity contribution >= 4 is 49.1 Å². The molecule has 38 heavy (non-hydrogen) atoms. The quantitative estimate of drug-likeness (QED) is 0.336. The Kier molecular flexibility index (Phi) is 7.28. The molecule has 9 nitrogen and oxygen atoms in total. The summed E-state index contributed by atoms with van der Waals surface area (Å²) in [5, 5.41) is 7.83. The van der Waals surface area contributed by atoms with E-state index in [2.05, 4.69) is 10.4 Å². The van der Waals surface area contributed by atoms with Crippen molar-refractivity contribution in [1.29, 1.82) is 0 Å². The van der Waals surface area contributed by atoms with Gasteiger partial charge in [0.15, 0.2) is 6.61 Å². The first kappa shape index (κ1) is 26.0. The van der Waals surface area contributed by atoms with E-state index < -0.39 is 28.5 Å². The van der Waals surface area contributed by atoms with Crippen LogP contribution in [0.1, 0.15) is 34.6 Å². The number of carbonyl (C=O) groups is 2. The molecule has 198 valence electrons. The number of anilines is 1. The Morgan fingerprint density at radius 2 is 1.74 bits per heavy atom. The van der Waals surface area contributed by atoms with Crippen LogP contribution < -0.4 is 5.32 Å². The van der Waals surface area contributed by atoms with Gasteiger partial charge in [-0.25, -0.2) is 22.3 Å². The summed E-state index contributed by atoms with van der Waals surface area (Å²) < 4.78 is 47.2. The molecule has 1 saturated heterocycles. The van der Waals surface area contributed by atoms with Crippen LogP contribution in [-0.2, 0) is 19.6 Å². The number of carbonyl (C=O) groups excluding carboxylic acids is 2. The molecular weight excluding hydrogens is 531 g/mol. The summed E-state index contributed by atoms with van der Waals surface area (Å²) in [5.74, 6) is -1.57. The minimum atomic E-state index is -3.56. The first-order valence-corrected chi connectivity index (χ1v) is 14.3. The summed E-state index contributed by atoms with van der Waals surface area (Å²) in [6.07, 6.45) is 2.72. The molecule has 1 N–H and O–H groups in total. The van der Waals surface area contributed by atoms with E-state index in [4.69, 9.17) is 4.74 Å². The van der Waals surface area contributed by atoms with Crippen molar-refractivity contribution in [2.75, 3.05) is 25.0 Å². The van der Waals surface area contributed by atoms with Gasteiger partial charge in [0.1, 0.15) is 15.5 Å². The highest BCUT2D eigenvalue weighted by Gasteiger charge is 2.26. The van der Waals surface area contributed by atoms with E-state index in [-0.39, 0.29) is 10.7 Å². The molecule has 12 heteroatoms. The number of thiophene rings is 1. The molecule has 1 aliphatic heterocycles. The van der Waals surface area contributed by atoms with Crippen molar-refractivity contribution < 1.29 is 27.1 Å². The summed E-state index contributed by atoms with van der Waals surface area (Å²) in [5.41, 5.74) is 1.74. The molecule has 2 aromatic heterocycles. The second-order valence-electron chi connectivity index (χ2n) is 8.92. The molecule has 4 aromatic rings. The molecular formula is C26H25FN4O5S2. The number of amides is 1. The van der Waals surface area contributed by atoms with Crippen LogP contribution in [0.3, 0.4) is 0 Å². The molecule has 0 saturated carbocycles. The number of aryl methyl sites for hydroxylation is 1. The minimum Gasteiger partial charge on any atom is -0.451 e. The third-order valence-corrected chi connectivity index (χ3v) is 9.25. The normalized spacial score (nSPS) is 14.5. The average Bonchev–Trinajstić information content (AvgIpc) is 3.49. The molecule has 0 aliphatic carbocycles. The van der Waals surface area contributed by atoms with Gasteiger partial charge in [-0.3, -0.25) is 4.79 Å². The number of hydrogen-bond donors (Lipinski definition) is 1. The van der Waals surface area contributed by atoms with Crippen LogP contribution >= 0.6 is 11.3 Å². The average molecular weight is 557 g/mol. The lowest BCUT2D eigenvalue weighted by Crippen LogP contribution is -2.35. The van der Waals surface area contributed by atoms with E-state index in [9.17, 15) is 22.4 Å². The molecule has 0 radical (unpaired) electrons. The summed E-state index contributed by atoms with van der Waals surface area (Å²) in [7, 11) is -3.56. The number of esters is 1. The molecule has 0 atom stereocenters. The van der Waals surface area contributed by atoms with Gasteiger partial charge in [0.2, 0.25) is 10.0 Å². The topological polar surface area (TPSA) is 111 Å². The zero-order chi connectivity index (χ0) is 26.9. The fourth-order valence-corrected chi connectivity index (χ4v) is 6.86. The van der Waals surface area contributed by atoms with E-state index in [1.807, 2.05) is 0 Å². The number of sulfonamides is 1. The van der Waals surface area contributed by atoms with Gasteiger partial charge in [-0.1, -0.05) is 6.42 Å². The highest BCUT2D eigenvalue weighted by atomic mass is 32.2. The van der Waals surface area contributed by atoms with Crippen LogP contribution in [0.5, 0.6) is 0 Å². The summed E-state index contributed by atoms with van der Waals surface area (Å²) >= 11 is 1.16. The predicted octanol–water partition coefficient (Wildman–Crippen LogP) is 4.50. The maximum Gasteiger partial charge on any atom is 0.348 e. The fourth-order valence-electron chi connectivity index (χ4n) is 4.27. The summed E-state index contributed by atoms with van der Waals surface area (Å²) in [6, 6.07) is 13.4. The second kappa shape index (κ2) is 10.6. The van der Waals surface area contributed by atoms with Crippen LogP contribution in [0, 0.1) is 12.7 Å². The van der Waals surface area contributed by atoms with E-state index in [0.717, 1.165) is 36.0 Å². The molecule has 2 aromatic carbocycles. The molecule has 3 heterocycles. The Bertz CT molecular complexity index is 1590. The lowest BCUT2D eigenvalue weighted by molar-refractivity contribution is -0.119. The number of ether oxygens (including phenoxy) is 1. The third-order valence-electron chi connectivity index (χ3n) is 6.24. The summed E-state index contributed by atoms with van der Waals surface area (Å²) in [6.45, 7) is 2.32. The van der Waals surface area contributed by atoms with Gasteiger partial charge < -0.3 is 10.1 Å². The zero-order valence-corrected chi connectivity index (χ0v) is 22.1. The second-order valence-corrected chi connectivity index (χ2v) is 11.9. The number of rotatable bonds is 7. The molecule has 0 bridgehead atoms. The fraction of sp³-hybridized carbons (Fsp3) is 0.269.